The minimum atomic E-state index is 0.00880. The maximum atomic E-state index is 13.1. The van der Waals surface area contributed by atoms with Crippen LogP contribution in [0.25, 0.3) is 0 Å². The monoisotopic (exact) mass is 371 g/mol. The number of amides is 1. The fourth-order valence-electron chi connectivity index (χ4n) is 4.35. The van der Waals surface area contributed by atoms with E-state index in [1.807, 2.05) is 11.8 Å². The van der Waals surface area contributed by atoms with Gasteiger partial charge in [0.15, 0.2) is 0 Å². The Balaban J connectivity index is 1.61. The lowest BCUT2D eigenvalue weighted by molar-refractivity contribution is 0.0726. The Hall–Kier alpha value is -2.15. The summed E-state index contributed by atoms with van der Waals surface area (Å²) in [7, 11) is 0. The number of fused-ring (bicyclic) bond motifs is 1. The van der Waals surface area contributed by atoms with Crippen LogP contribution in [-0.4, -0.2) is 50.3 Å². The van der Waals surface area contributed by atoms with Crippen LogP contribution in [0.15, 0.2) is 4.52 Å². The molecule has 1 fully saturated rings. The van der Waals surface area contributed by atoms with E-state index in [1.165, 1.54) is 42.9 Å². The molecule has 7 nitrogen and oxygen atoms in total. The summed E-state index contributed by atoms with van der Waals surface area (Å²) in [5, 5.41) is 8.89. The van der Waals surface area contributed by atoms with Crippen molar-refractivity contribution in [1.82, 2.24) is 24.7 Å². The molecule has 4 rings (SSSR count). The lowest BCUT2D eigenvalue weighted by Crippen LogP contribution is -2.37. The first-order valence-corrected chi connectivity index (χ1v) is 9.99. The molecule has 146 valence electrons. The van der Waals surface area contributed by atoms with Crippen molar-refractivity contribution in [2.75, 3.05) is 19.6 Å². The average Bonchev–Trinajstić information content (AvgIpc) is 3.35. The highest BCUT2D eigenvalue weighted by atomic mass is 16.5. The fraction of sp³-hybridized carbons (Fsp3) is 0.650. The Morgan fingerprint density at radius 2 is 1.93 bits per heavy atom. The zero-order valence-electron chi connectivity index (χ0n) is 16.8. The van der Waals surface area contributed by atoms with Gasteiger partial charge in [0.2, 0.25) is 0 Å². The molecule has 0 radical (unpaired) electrons. The van der Waals surface area contributed by atoms with Crippen LogP contribution in [0.3, 0.4) is 0 Å². The van der Waals surface area contributed by atoms with Gasteiger partial charge in [-0.3, -0.25) is 14.4 Å². The fourth-order valence-corrected chi connectivity index (χ4v) is 4.35. The Morgan fingerprint density at radius 1 is 1.19 bits per heavy atom. The molecule has 0 aliphatic carbocycles. The number of aromatic nitrogens is 3. The first-order valence-electron chi connectivity index (χ1n) is 9.99. The van der Waals surface area contributed by atoms with E-state index in [0.29, 0.717) is 30.1 Å². The third-order valence-corrected chi connectivity index (χ3v) is 5.77. The number of aryl methyl sites for hydroxylation is 2. The van der Waals surface area contributed by atoms with E-state index in [-0.39, 0.29) is 11.9 Å². The van der Waals surface area contributed by atoms with Crippen LogP contribution in [0.2, 0.25) is 0 Å². The smallest absolute Gasteiger partial charge is 0.259 e. The normalized spacial score (nSPS) is 17.7. The maximum absolute atomic E-state index is 13.1. The predicted octanol–water partition coefficient (Wildman–Crippen LogP) is 2.86. The highest BCUT2D eigenvalue weighted by molar-refractivity contribution is 5.96. The van der Waals surface area contributed by atoms with E-state index in [4.69, 9.17) is 9.62 Å². The molecule has 0 spiro atoms. The predicted molar refractivity (Wildman–Crippen MR) is 102 cm³/mol. The molecule has 0 bridgehead atoms. The van der Waals surface area contributed by atoms with Gasteiger partial charge in [-0.15, -0.1) is 0 Å². The minimum absolute atomic E-state index is 0.00880. The lowest BCUT2D eigenvalue weighted by atomic mass is 10.0. The summed E-state index contributed by atoms with van der Waals surface area (Å²) in [6.07, 6.45) is 3.43. The summed E-state index contributed by atoms with van der Waals surface area (Å²) in [4.78, 5) is 17.5. The average molecular weight is 371 g/mol. The first-order chi connectivity index (χ1) is 13.0. The number of likely N-dealkylation sites (tertiary alicyclic amines) is 1. The summed E-state index contributed by atoms with van der Waals surface area (Å²) in [6.45, 7) is 12.5. The van der Waals surface area contributed by atoms with Crippen molar-refractivity contribution in [3.05, 3.63) is 34.0 Å². The third kappa shape index (κ3) is 3.29. The molecule has 7 heteroatoms. The Bertz CT molecular complexity index is 825. The van der Waals surface area contributed by atoms with E-state index in [9.17, 15) is 4.79 Å². The minimum Gasteiger partial charge on any atom is -0.361 e. The van der Waals surface area contributed by atoms with Crippen LogP contribution >= 0.6 is 0 Å². The molecule has 27 heavy (non-hydrogen) atoms. The molecule has 0 atom stereocenters. The third-order valence-electron chi connectivity index (χ3n) is 5.77. The van der Waals surface area contributed by atoms with Crippen molar-refractivity contribution in [2.45, 2.75) is 66.1 Å². The molecule has 1 saturated heterocycles. The largest absolute Gasteiger partial charge is 0.361 e. The van der Waals surface area contributed by atoms with Gasteiger partial charge in [0.1, 0.15) is 11.3 Å². The van der Waals surface area contributed by atoms with Crippen molar-refractivity contribution in [3.63, 3.8) is 0 Å². The van der Waals surface area contributed by atoms with Crippen LogP contribution in [-0.2, 0) is 19.5 Å². The summed E-state index contributed by atoms with van der Waals surface area (Å²) in [5.74, 6) is 0.602. The number of nitrogens with zero attached hydrogens (tertiary/aromatic N) is 5. The molecule has 1 amide bonds. The Labute approximate surface area is 160 Å². The molecule has 2 aliphatic heterocycles. The first kappa shape index (κ1) is 18.2. The number of carbonyl (C=O) groups is 1. The quantitative estimate of drug-likeness (QED) is 0.827. The van der Waals surface area contributed by atoms with Crippen LogP contribution in [0, 0.1) is 13.8 Å². The molecule has 0 N–H and O–H groups in total. The van der Waals surface area contributed by atoms with Crippen LogP contribution in [0.5, 0.6) is 0 Å². The second-order valence-corrected chi connectivity index (χ2v) is 8.07. The number of hydrogen-bond donors (Lipinski definition) is 0. The van der Waals surface area contributed by atoms with Gasteiger partial charge in [-0.1, -0.05) is 5.16 Å². The Morgan fingerprint density at radius 3 is 2.56 bits per heavy atom. The molecule has 2 aromatic rings. The lowest BCUT2D eigenvalue weighted by Gasteiger charge is -2.29. The standard InChI is InChI=1S/C20H29N5O2/c1-13(2)25-18-12-24(20(26)19-14(3)22-27-15(19)4)10-7-16(18)17(21-25)11-23-8-5-6-9-23/h13H,5-12H2,1-4H3. The van der Waals surface area contributed by atoms with E-state index >= 15 is 0 Å². The van der Waals surface area contributed by atoms with Gasteiger partial charge < -0.3 is 9.42 Å². The second kappa shape index (κ2) is 7.11. The van der Waals surface area contributed by atoms with Gasteiger partial charge in [0.25, 0.3) is 5.91 Å². The molecule has 4 heterocycles. The molecule has 0 aromatic carbocycles. The summed E-state index contributed by atoms with van der Waals surface area (Å²) in [6, 6.07) is 0.278. The topological polar surface area (TPSA) is 67.4 Å². The second-order valence-electron chi connectivity index (χ2n) is 8.07. The molecule has 2 aliphatic rings. The van der Waals surface area contributed by atoms with Crippen molar-refractivity contribution in [1.29, 1.82) is 0 Å². The molecular formula is C20H29N5O2. The zero-order valence-corrected chi connectivity index (χ0v) is 16.8. The molecule has 0 unspecified atom stereocenters. The van der Waals surface area contributed by atoms with Gasteiger partial charge in [-0.2, -0.15) is 5.10 Å². The van der Waals surface area contributed by atoms with E-state index in [2.05, 4.69) is 28.6 Å². The molecule has 0 saturated carbocycles. The van der Waals surface area contributed by atoms with Crippen LogP contribution < -0.4 is 0 Å². The summed E-state index contributed by atoms with van der Waals surface area (Å²) < 4.78 is 7.32. The Kier molecular flexibility index (Phi) is 4.80. The van der Waals surface area contributed by atoms with Gasteiger partial charge in [0.05, 0.1) is 23.6 Å². The molecular weight excluding hydrogens is 342 g/mol. The maximum Gasteiger partial charge on any atom is 0.259 e. The van der Waals surface area contributed by atoms with Crippen molar-refractivity contribution >= 4 is 5.91 Å². The van der Waals surface area contributed by atoms with Crippen molar-refractivity contribution in [2.24, 2.45) is 0 Å². The van der Waals surface area contributed by atoms with E-state index < -0.39 is 0 Å². The highest BCUT2D eigenvalue weighted by Gasteiger charge is 2.31. The van der Waals surface area contributed by atoms with Crippen molar-refractivity contribution < 1.29 is 9.32 Å². The highest BCUT2D eigenvalue weighted by Crippen LogP contribution is 2.28. The van der Waals surface area contributed by atoms with Gasteiger partial charge in [-0.05, 0) is 60.0 Å². The summed E-state index contributed by atoms with van der Waals surface area (Å²) >= 11 is 0. The number of rotatable bonds is 4. The van der Waals surface area contributed by atoms with Crippen LogP contribution in [0.4, 0.5) is 0 Å². The number of hydrogen-bond acceptors (Lipinski definition) is 5. The zero-order chi connectivity index (χ0) is 19.1. The van der Waals surface area contributed by atoms with Crippen LogP contribution in [0.1, 0.15) is 71.5 Å². The van der Waals surface area contributed by atoms with Gasteiger partial charge in [-0.25, -0.2) is 0 Å². The van der Waals surface area contributed by atoms with Gasteiger partial charge >= 0.3 is 0 Å². The molecule has 2 aromatic heterocycles. The number of carbonyl (C=O) groups excluding carboxylic acids is 1. The van der Waals surface area contributed by atoms with E-state index in [0.717, 1.165) is 13.0 Å². The summed E-state index contributed by atoms with van der Waals surface area (Å²) in [5.41, 5.74) is 5.00. The van der Waals surface area contributed by atoms with Gasteiger partial charge in [0, 0.05) is 24.7 Å². The van der Waals surface area contributed by atoms with E-state index in [1.54, 1.807) is 6.92 Å². The SMILES string of the molecule is Cc1noc(C)c1C(=O)N1CCc2c(CN3CCCC3)nn(C(C)C)c2C1. The van der Waals surface area contributed by atoms with Crippen molar-refractivity contribution in [3.8, 4) is 0 Å².